The van der Waals surface area contributed by atoms with Crippen LogP contribution in [0.4, 0.5) is 4.39 Å². The van der Waals surface area contributed by atoms with Crippen molar-refractivity contribution in [3.8, 4) is 5.75 Å². The van der Waals surface area contributed by atoms with Crippen LogP contribution in [0.3, 0.4) is 0 Å². The zero-order chi connectivity index (χ0) is 30.2. The summed E-state index contributed by atoms with van der Waals surface area (Å²) in [6.07, 6.45) is -0.220. The lowest BCUT2D eigenvalue weighted by Gasteiger charge is -2.50. The third-order valence-corrected chi connectivity index (χ3v) is 9.20. The number of aliphatic hydroxyl groups excluding tert-OH is 2. The van der Waals surface area contributed by atoms with Gasteiger partial charge in [0.15, 0.2) is 11.4 Å². The van der Waals surface area contributed by atoms with E-state index in [1.165, 1.54) is 4.90 Å². The molecule has 0 unspecified atom stereocenters. The van der Waals surface area contributed by atoms with Crippen LogP contribution in [0.5, 0.6) is 5.75 Å². The minimum atomic E-state index is -2.75. The highest BCUT2D eigenvalue weighted by molar-refractivity contribution is 6.25. The van der Waals surface area contributed by atoms with Crippen molar-refractivity contribution in [2.75, 3.05) is 40.4 Å². The number of amides is 1. The number of carbonyl (C=O) groups is 3. The van der Waals surface area contributed by atoms with Crippen LogP contribution in [-0.2, 0) is 27.3 Å². The molecule has 11 nitrogen and oxygen atoms in total. The largest absolute Gasteiger partial charge is 0.510 e. The summed E-state index contributed by atoms with van der Waals surface area (Å²) in [5.41, 5.74) is 1.84. The zero-order valence-corrected chi connectivity index (χ0v) is 23.2. The number of allylic oxidation sites excluding steroid dienone is 1. The normalized spacial score (nSPS) is 28.3. The van der Waals surface area contributed by atoms with E-state index in [1.807, 2.05) is 0 Å². The number of phenols is 1. The molecule has 1 saturated heterocycles. The van der Waals surface area contributed by atoms with Crippen molar-refractivity contribution in [2.45, 2.75) is 31.0 Å². The van der Waals surface area contributed by atoms with Gasteiger partial charge in [-0.25, -0.2) is 4.39 Å². The van der Waals surface area contributed by atoms with Crippen LogP contribution in [0.25, 0.3) is 10.8 Å². The molecule has 12 heteroatoms. The minimum absolute atomic E-state index is 0.0287. The predicted molar refractivity (Wildman–Crippen MR) is 147 cm³/mol. The molecule has 4 aliphatic rings. The summed E-state index contributed by atoms with van der Waals surface area (Å²) in [6, 6.07) is 3.86. The van der Waals surface area contributed by atoms with Gasteiger partial charge in [0.05, 0.1) is 24.8 Å². The van der Waals surface area contributed by atoms with E-state index in [0.717, 1.165) is 18.7 Å². The average molecular weight is 582 g/mol. The summed E-state index contributed by atoms with van der Waals surface area (Å²) < 4.78 is 21.4. The van der Waals surface area contributed by atoms with Gasteiger partial charge >= 0.3 is 0 Å². The monoisotopic (exact) mass is 581 g/mol. The van der Waals surface area contributed by atoms with Crippen molar-refractivity contribution in [2.24, 2.45) is 17.6 Å². The number of hydrogen-bond donors (Lipinski definition) is 5. The van der Waals surface area contributed by atoms with Gasteiger partial charge in [0.1, 0.15) is 28.7 Å². The van der Waals surface area contributed by atoms with Crippen molar-refractivity contribution in [1.29, 1.82) is 0 Å². The average Bonchev–Trinajstić information content (AvgIpc) is 2.93. The molecule has 0 radical (unpaired) electrons. The Balaban J connectivity index is 1.49. The van der Waals surface area contributed by atoms with Crippen molar-refractivity contribution in [1.82, 2.24) is 9.80 Å². The molecule has 0 saturated carbocycles. The molecule has 6 rings (SSSR count). The molecule has 2 aromatic rings. The van der Waals surface area contributed by atoms with Crippen LogP contribution in [0.1, 0.15) is 27.9 Å². The minimum Gasteiger partial charge on any atom is -0.510 e. The van der Waals surface area contributed by atoms with Crippen LogP contribution < -0.4 is 5.73 Å². The van der Waals surface area contributed by atoms with Crippen molar-refractivity contribution < 1.29 is 43.9 Å². The Hall–Kier alpha value is -3.84. The summed E-state index contributed by atoms with van der Waals surface area (Å²) in [6.45, 7) is 3.16. The quantitative estimate of drug-likeness (QED) is 0.331. The van der Waals surface area contributed by atoms with Gasteiger partial charge in [0.2, 0.25) is 5.78 Å². The SMILES string of the molecule is CN(C)[C@@H]1C(O)=C(C(N)=O)C(=O)[C@@]2(O)C(O)=C3C(=O)c4c(c(F)c5ccc(CN6CCOCC6)cc5c4O)C[C@H]3C[C@@H]12. The number of primary amides is 1. The van der Waals surface area contributed by atoms with Gasteiger partial charge in [-0.3, -0.25) is 24.2 Å². The zero-order valence-electron chi connectivity index (χ0n) is 23.2. The molecule has 222 valence electrons. The first-order valence-electron chi connectivity index (χ1n) is 13.8. The number of hydrogen-bond acceptors (Lipinski definition) is 10. The molecule has 6 N–H and O–H groups in total. The fraction of sp³-hybridized carbons (Fsp3) is 0.433. The standard InChI is InChI=1S/C30H32FN3O8/c1-33(2)23-18-11-14-10-17-20(25(36)19(14)27(38)30(18,41)28(39)21(26(23)37)29(32)40)24(35)16-9-13(3-4-15(16)22(17)31)12-34-5-7-42-8-6-34/h3-4,9,14,18,23,35,37-38,41H,5-8,10-12H2,1-2H3,(H2,32,40)/t14-,18-,23-,30-/m0/s1. The summed E-state index contributed by atoms with van der Waals surface area (Å²) in [4.78, 5) is 43.1. The summed E-state index contributed by atoms with van der Waals surface area (Å²) in [5.74, 6) is -8.33. The van der Waals surface area contributed by atoms with E-state index in [1.54, 1.807) is 32.3 Å². The van der Waals surface area contributed by atoms with Gasteiger partial charge in [-0.1, -0.05) is 12.1 Å². The molecule has 0 aromatic heterocycles. The molecule has 2 aromatic carbocycles. The van der Waals surface area contributed by atoms with Crippen LogP contribution >= 0.6 is 0 Å². The van der Waals surface area contributed by atoms with Gasteiger partial charge in [0.25, 0.3) is 5.91 Å². The molecule has 0 bridgehead atoms. The second kappa shape index (κ2) is 9.87. The van der Waals surface area contributed by atoms with E-state index in [2.05, 4.69) is 4.90 Å². The number of ketones is 2. The fourth-order valence-corrected chi connectivity index (χ4v) is 7.23. The van der Waals surface area contributed by atoms with E-state index in [-0.39, 0.29) is 40.3 Å². The lowest BCUT2D eigenvalue weighted by atomic mass is 9.58. The summed E-state index contributed by atoms with van der Waals surface area (Å²) in [7, 11) is 3.09. The molecule has 1 amide bonds. The Morgan fingerprint density at radius 3 is 2.50 bits per heavy atom. The molecular weight excluding hydrogens is 549 g/mol. The Labute approximate surface area is 240 Å². The first-order valence-corrected chi connectivity index (χ1v) is 13.8. The van der Waals surface area contributed by atoms with Gasteiger partial charge < -0.3 is 30.9 Å². The number of phenolic OH excluding ortho intramolecular Hbond substituents is 1. The fourth-order valence-electron chi connectivity index (χ4n) is 7.23. The number of rotatable bonds is 4. The van der Waals surface area contributed by atoms with Crippen molar-refractivity contribution >= 4 is 28.2 Å². The molecule has 1 heterocycles. The van der Waals surface area contributed by atoms with Crippen molar-refractivity contribution in [3.63, 3.8) is 0 Å². The highest BCUT2D eigenvalue weighted by atomic mass is 19.1. The number of benzene rings is 2. The third kappa shape index (κ3) is 3.89. The number of fused-ring (bicyclic) bond motifs is 4. The number of Topliss-reactive ketones (excluding diaryl/α,β-unsaturated/α-hetero) is 2. The highest BCUT2D eigenvalue weighted by Gasteiger charge is 2.63. The highest BCUT2D eigenvalue weighted by Crippen LogP contribution is 2.53. The summed E-state index contributed by atoms with van der Waals surface area (Å²) in [5, 5.41) is 45.6. The molecule has 1 fully saturated rings. The second-order valence-corrected chi connectivity index (χ2v) is 11.7. The third-order valence-electron chi connectivity index (χ3n) is 9.20. The van der Waals surface area contributed by atoms with Crippen LogP contribution in [0.15, 0.2) is 40.9 Å². The molecule has 4 atom stereocenters. The maximum Gasteiger partial charge on any atom is 0.255 e. The maximum absolute atomic E-state index is 16.0. The van der Waals surface area contributed by atoms with E-state index in [0.29, 0.717) is 19.8 Å². The Morgan fingerprint density at radius 1 is 1.17 bits per heavy atom. The predicted octanol–water partition coefficient (Wildman–Crippen LogP) is 1.25. The van der Waals surface area contributed by atoms with Crippen LogP contribution in [-0.4, -0.2) is 99.7 Å². The van der Waals surface area contributed by atoms with E-state index in [4.69, 9.17) is 10.5 Å². The number of carbonyl (C=O) groups excluding carboxylic acids is 3. The summed E-state index contributed by atoms with van der Waals surface area (Å²) >= 11 is 0. The number of halogens is 1. The van der Waals surface area contributed by atoms with E-state index >= 15 is 4.39 Å². The first kappa shape index (κ1) is 28.3. The molecule has 3 aliphatic carbocycles. The van der Waals surface area contributed by atoms with Gasteiger partial charge in [-0.15, -0.1) is 0 Å². The second-order valence-electron chi connectivity index (χ2n) is 11.7. The number of nitrogens with two attached hydrogens (primary N) is 1. The lowest BCUT2D eigenvalue weighted by Crippen LogP contribution is -2.63. The Kier molecular flexibility index (Phi) is 6.65. The van der Waals surface area contributed by atoms with E-state index < -0.39 is 69.6 Å². The van der Waals surface area contributed by atoms with Gasteiger partial charge in [0, 0.05) is 47.5 Å². The topological polar surface area (TPSA) is 174 Å². The first-order chi connectivity index (χ1) is 19.9. The molecular formula is C30H32FN3O8. The number of morpholine rings is 1. The van der Waals surface area contributed by atoms with Crippen LogP contribution in [0, 0.1) is 17.7 Å². The van der Waals surface area contributed by atoms with Crippen molar-refractivity contribution in [3.05, 3.63) is 63.4 Å². The van der Waals surface area contributed by atoms with E-state index in [9.17, 15) is 34.8 Å². The Morgan fingerprint density at radius 2 is 1.86 bits per heavy atom. The lowest BCUT2D eigenvalue weighted by molar-refractivity contribution is -0.148. The maximum atomic E-state index is 16.0. The molecule has 42 heavy (non-hydrogen) atoms. The number of nitrogens with zero attached hydrogens (tertiary/aromatic N) is 2. The number of aromatic hydroxyl groups is 1. The number of ether oxygens (including phenoxy) is 1. The number of likely N-dealkylation sites (N-methyl/N-ethyl adjacent to an activating group) is 1. The van der Waals surface area contributed by atoms with Crippen LogP contribution in [0.2, 0.25) is 0 Å². The van der Waals surface area contributed by atoms with Gasteiger partial charge in [-0.2, -0.15) is 0 Å². The van der Waals surface area contributed by atoms with Gasteiger partial charge in [-0.05, 0) is 44.5 Å². The number of aliphatic hydroxyl groups is 3. The molecule has 0 spiro atoms. The molecule has 1 aliphatic heterocycles. The smallest absolute Gasteiger partial charge is 0.255 e. The Bertz CT molecular complexity index is 1630.